The highest BCUT2D eigenvalue weighted by atomic mass is 28.5. The smallest absolute Gasteiger partial charge is 0.386 e. The normalized spacial score (nSPS) is 13.5. The standard InChI is InChI=1S/C26H28O2Si3/c1-29(23-15-7-3-8-16-23)27-31(25-19-11-5-12-20-25,26-21-13-6-14-22-26)28-30(2)24-17-9-4-10-18-24/h3-22,29-30H,1-2H3. The minimum absolute atomic E-state index is 1.17. The molecular weight excluding hydrogens is 429 g/mol. The van der Waals surface area contributed by atoms with Gasteiger partial charge in [0.25, 0.3) is 0 Å². The predicted molar refractivity (Wildman–Crippen MR) is 138 cm³/mol. The molecule has 0 fully saturated rings. The van der Waals surface area contributed by atoms with E-state index in [9.17, 15) is 0 Å². The van der Waals surface area contributed by atoms with Gasteiger partial charge in [-0.15, -0.1) is 0 Å². The molecule has 5 heteroatoms. The van der Waals surface area contributed by atoms with Crippen LogP contribution in [-0.2, 0) is 8.23 Å². The molecule has 2 atom stereocenters. The van der Waals surface area contributed by atoms with E-state index in [2.05, 4.69) is 134 Å². The summed E-state index contributed by atoms with van der Waals surface area (Å²) >= 11 is 0. The van der Waals surface area contributed by atoms with Gasteiger partial charge in [0.2, 0.25) is 0 Å². The van der Waals surface area contributed by atoms with E-state index < -0.39 is 26.6 Å². The Hall–Kier alpha value is -2.55. The molecule has 0 aromatic heterocycles. The molecule has 0 saturated heterocycles. The van der Waals surface area contributed by atoms with Crippen LogP contribution in [0, 0.1) is 0 Å². The Labute approximate surface area is 189 Å². The summed E-state index contributed by atoms with van der Waals surface area (Å²) < 4.78 is 14.4. The third-order valence-corrected chi connectivity index (χ3v) is 15.8. The molecule has 4 rings (SSSR count). The summed E-state index contributed by atoms with van der Waals surface area (Å²) in [6.07, 6.45) is 0. The van der Waals surface area contributed by atoms with Crippen molar-refractivity contribution in [3.8, 4) is 0 Å². The molecule has 0 saturated carbocycles. The van der Waals surface area contributed by atoms with E-state index in [-0.39, 0.29) is 0 Å². The molecule has 0 amide bonds. The maximum absolute atomic E-state index is 7.18. The van der Waals surface area contributed by atoms with Gasteiger partial charge in [-0.25, -0.2) is 0 Å². The van der Waals surface area contributed by atoms with Gasteiger partial charge in [0, 0.05) is 0 Å². The van der Waals surface area contributed by atoms with E-state index in [1.165, 1.54) is 20.7 Å². The molecule has 0 radical (unpaired) electrons. The molecule has 0 heterocycles. The first-order chi connectivity index (χ1) is 15.2. The van der Waals surface area contributed by atoms with Crippen LogP contribution in [0.15, 0.2) is 121 Å². The topological polar surface area (TPSA) is 18.5 Å². The van der Waals surface area contributed by atoms with E-state index in [4.69, 9.17) is 8.23 Å². The fraction of sp³-hybridized carbons (Fsp3) is 0.0769. The zero-order valence-corrected chi connectivity index (χ0v) is 21.3. The molecule has 31 heavy (non-hydrogen) atoms. The monoisotopic (exact) mass is 456 g/mol. The number of hydrogen-bond donors (Lipinski definition) is 0. The summed E-state index contributed by atoms with van der Waals surface area (Å²) in [4.78, 5) is 0. The van der Waals surface area contributed by atoms with Crippen LogP contribution in [0.1, 0.15) is 0 Å². The van der Waals surface area contributed by atoms with Crippen molar-refractivity contribution in [3.63, 3.8) is 0 Å². The summed E-state index contributed by atoms with van der Waals surface area (Å²) in [7, 11) is -6.35. The van der Waals surface area contributed by atoms with Gasteiger partial charge in [0.05, 0.1) is 0 Å². The number of hydrogen-bond acceptors (Lipinski definition) is 2. The van der Waals surface area contributed by atoms with Crippen LogP contribution in [0.3, 0.4) is 0 Å². The van der Waals surface area contributed by atoms with Gasteiger partial charge in [-0.05, 0) is 33.8 Å². The second-order valence-corrected chi connectivity index (χ2v) is 15.9. The Morgan fingerprint density at radius 2 is 0.742 bits per heavy atom. The Kier molecular flexibility index (Phi) is 7.11. The van der Waals surface area contributed by atoms with Crippen LogP contribution in [0.5, 0.6) is 0 Å². The van der Waals surface area contributed by atoms with Crippen LogP contribution in [0.4, 0.5) is 0 Å². The van der Waals surface area contributed by atoms with Crippen LogP contribution < -0.4 is 20.7 Å². The largest absolute Gasteiger partial charge is 0.428 e. The Bertz CT molecular complexity index is 972. The van der Waals surface area contributed by atoms with E-state index >= 15 is 0 Å². The van der Waals surface area contributed by atoms with Gasteiger partial charge >= 0.3 is 8.56 Å². The summed E-state index contributed by atoms with van der Waals surface area (Å²) in [6.45, 7) is 4.53. The Balaban J connectivity index is 1.82. The molecule has 0 aliphatic heterocycles. The first-order valence-corrected chi connectivity index (χ1v) is 17.0. The van der Waals surface area contributed by atoms with Crippen molar-refractivity contribution in [1.82, 2.24) is 0 Å². The molecule has 0 aliphatic carbocycles. The first kappa shape index (κ1) is 21.7. The maximum atomic E-state index is 7.18. The van der Waals surface area contributed by atoms with Crippen LogP contribution in [0.2, 0.25) is 13.1 Å². The highest BCUT2D eigenvalue weighted by molar-refractivity contribution is 7.00. The van der Waals surface area contributed by atoms with Crippen molar-refractivity contribution in [1.29, 1.82) is 0 Å². The van der Waals surface area contributed by atoms with E-state index in [0.717, 1.165) is 0 Å². The van der Waals surface area contributed by atoms with E-state index in [1.807, 2.05) is 0 Å². The fourth-order valence-corrected chi connectivity index (χ4v) is 15.0. The van der Waals surface area contributed by atoms with Gasteiger partial charge in [0.1, 0.15) is 0 Å². The average Bonchev–Trinajstić information content (AvgIpc) is 2.85. The van der Waals surface area contributed by atoms with Gasteiger partial charge in [-0.2, -0.15) is 0 Å². The highest BCUT2D eigenvalue weighted by Crippen LogP contribution is 2.14. The lowest BCUT2D eigenvalue weighted by Gasteiger charge is -2.37. The van der Waals surface area contributed by atoms with Crippen molar-refractivity contribution in [2.45, 2.75) is 13.1 Å². The van der Waals surface area contributed by atoms with E-state index in [1.54, 1.807) is 0 Å². The lowest BCUT2D eigenvalue weighted by atomic mass is 10.4. The van der Waals surface area contributed by atoms with Gasteiger partial charge in [-0.1, -0.05) is 121 Å². The average molecular weight is 457 g/mol. The van der Waals surface area contributed by atoms with Crippen molar-refractivity contribution in [2.24, 2.45) is 0 Å². The zero-order chi connectivity index (χ0) is 21.5. The van der Waals surface area contributed by atoms with Crippen molar-refractivity contribution in [2.75, 3.05) is 0 Å². The first-order valence-electron chi connectivity index (χ1n) is 10.8. The molecule has 2 unspecified atom stereocenters. The van der Waals surface area contributed by atoms with Gasteiger partial charge in [-0.3, -0.25) is 0 Å². The molecule has 2 nitrogen and oxygen atoms in total. The lowest BCUT2D eigenvalue weighted by Crippen LogP contribution is -2.68. The lowest BCUT2D eigenvalue weighted by molar-refractivity contribution is 0.438. The maximum Gasteiger partial charge on any atom is 0.386 e. The Morgan fingerprint density at radius 1 is 0.452 bits per heavy atom. The third-order valence-electron chi connectivity index (χ3n) is 5.53. The molecule has 4 aromatic rings. The van der Waals surface area contributed by atoms with Crippen molar-refractivity contribution >= 4 is 47.4 Å². The Morgan fingerprint density at radius 3 is 1.06 bits per heavy atom. The van der Waals surface area contributed by atoms with Gasteiger partial charge in [0.15, 0.2) is 18.1 Å². The summed E-state index contributed by atoms with van der Waals surface area (Å²) in [6, 6.07) is 42.4. The summed E-state index contributed by atoms with van der Waals surface area (Å²) in [5.41, 5.74) is 0. The highest BCUT2D eigenvalue weighted by Gasteiger charge is 2.45. The third kappa shape index (κ3) is 5.03. The predicted octanol–water partition coefficient (Wildman–Crippen LogP) is 2.80. The quantitative estimate of drug-likeness (QED) is 0.380. The molecule has 0 bridgehead atoms. The molecule has 156 valence electrons. The number of benzene rings is 4. The SMILES string of the molecule is C[SiH](O[Si](O[SiH](C)c1ccccc1)(c1ccccc1)c1ccccc1)c1ccccc1. The second kappa shape index (κ2) is 10.2. The molecule has 4 aromatic carbocycles. The van der Waals surface area contributed by atoms with Crippen LogP contribution >= 0.6 is 0 Å². The minimum Gasteiger partial charge on any atom is -0.428 e. The van der Waals surface area contributed by atoms with Crippen LogP contribution in [-0.4, -0.2) is 26.6 Å². The minimum atomic E-state index is -2.92. The molecule has 0 aliphatic rings. The van der Waals surface area contributed by atoms with E-state index in [0.29, 0.717) is 0 Å². The molecule has 0 spiro atoms. The van der Waals surface area contributed by atoms with Crippen LogP contribution in [0.25, 0.3) is 0 Å². The zero-order valence-electron chi connectivity index (χ0n) is 18.0. The second-order valence-electron chi connectivity index (χ2n) is 7.69. The number of rotatable bonds is 8. The fourth-order valence-electron chi connectivity index (χ4n) is 3.86. The van der Waals surface area contributed by atoms with Crippen molar-refractivity contribution < 1.29 is 8.23 Å². The molecule has 0 N–H and O–H groups in total. The molecular formula is C26H28O2Si3. The summed E-state index contributed by atoms with van der Waals surface area (Å²) in [5.74, 6) is 0. The van der Waals surface area contributed by atoms with Crippen molar-refractivity contribution in [3.05, 3.63) is 121 Å². The van der Waals surface area contributed by atoms with Gasteiger partial charge < -0.3 is 8.23 Å². The summed E-state index contributed by atoms with van der Waals surface area (Å²) in [5, 5.41) is 4.94.